The molecule has 0 amide bonds. The van der Waals surface area contributed by atoms with Gasteiger partial charge in [0.2, 0.25) is 0 Å². The van der Waals surface area contributed by atoms with Gasteiger partial charge in [-0.05, 0) is 37.8 Å². The molecule has 2 nitrogen and oxygen atoms in total. The molecule has 0 aliphatic heterocycles. The van der Waals surface area contributed by atoms with Crippen LogP contribution in [0.4, 0.5) is 0 Å². The fourth-order valence-electron chi connectivity index (χ4n) is 3.33. The molecule has 136 valence electrons. The number of nitrogens with zero attached hydrogens (tertiary/aromatic N) is 2. The molecule has 0 saturated heterocycles. The van der Waals surface area contributed by atoms with Crippen LogP contribution in [-0.2, 0) is 13.1 Å². The van der Waals surface area contributed by atoms with Crippen molar-refractivity contribution in [3.05, 3.63) is 21.9 Å². The Morgan fingerprint density at radius 2 is 1.17 bits per heavy atom. The van der Waals surface area contributed by atoms with E-state index in [9.17, 15) is 0 Å². The Morgan fingerprint density at radius 1 is 0.792 bits per heavy atom. The van der Waals surface area contributed by atoms with E-state index in [0.29, 0.717) is 12.1 Å². The van der Waals surface area contributed by atoms with Gasteiger partial charge in [-0.2, -0.15) is 0 Å². The summed E-state index contributed by atoms with van der Waals surface area (Å²) in [6.45, 7) is 0. The molecule has 0 aromatic carbocycles. The summed E-state index contributed by atoms with van der Waals surface area (Å²) in [6, 6.07) is 5.50. The standard InChI is InChI=1S/C18H26N2S.2ClH.Fe/c1-3-7-15(8-4-1)19-13-17-11-12-18(21-17)14-20-16-9-5-2-6-10-16;;;/h11-16H,1-10H2;2*1H;/q;;;+2/p-2. The fourth-order valence-corrected chi connectivity index (χ4v) is 4.10. The van der Waals surface area contributed by atoms with Crippen molar-refractivity contribution in [1.82, 2.24) is 0 Å². The third kappa shape index (κ3) is 8.01. The molecule has 0 unspecified atom stereocenters. The molecule has 0 atom stereocenters. The second-order valence-corrected chi connectivity index (χ2v) is 9.40. The third-order valence-electron chi connectivity index (χ3n) is 4.62. The van der Waals surface area contributed by atoms with Crippen molar-refractivity contribution >= 4 is 44.0 Å². The summed E-state index contributed by atoms with van der Waals surface area (Å²) in [5.41, 5.74) is 0. The van der Waals surface area contributed by atoms with E-state index in [-0.39, 0.29) is 13.1 Å². The van der Waals surface area contributed by atoms with Crippen molar-refractivity contribution in [1.29, 1.82) is 0 Å². The van der Waals surface area contributed by atoms with Crippen LogP contribution in [0.1, 0.15) is 74.0 Å². The first-order valence-electron chi connectivity index (χ1n) is 8.83. The quantitative estimate of drug-likeness (QED) is 0.379. The van der Waals surface area contributed by atoms with Crippen molar-refractivity contribution in [2.45, 2.75) is 76.3 Å². The van der Waals surface area contributed by atoms with Gasteiger partial charge < -0.3 is 0 Å². The van der Waals surface area contributed by atoms with Crippen LogP contribution in [0.2, 0.25) is 0 Å². The normalized spacial score (nSPS) is 20.6. The van der Waals surface area contributed by atoms with E-state index in [1.807, 2.05) is 11.3 Å². The third-order valence-corrected chi connectivity index (χ3v) is 5.58. The van der Waals surface area contributed by atoms with Gasteiger partial charge >= 0.3 is 33.3 Å². The van der Waals surface area contributed by atoms with Gasteiger partial charge in [-0.25, -0.2) is 0 Å². The molecule has 3 rings (SSSR count). The van der Waals surface area contributed by atoms with E-state index in [0.717, 1.165) is 0 Å². The second kappa shape index (κ2) is 12.5. The van der Waals surface area contributed by atoms with Crippen LogP contribution >= 0.6 is 31.5 Å². The predicted octanol–water partition coefficient (Wildman–Crippen LogP) is 6.63. The number of thiophene rings is 1. The van der Waals surface area contributed by atoms with Crippen LogP contribution in [0.25, 0.3) is 0 Å². The second-order valence-electron chi connectivity index (χ2n) is 6.43. The van der Waals surface area contributed by atoms with Crippen LogP contribution in [0.15, 0.2) is 22.1 Å². The van der Waals surface area contributed by atoms with E-state index in [1.54, 1.807) is 0 Å². The van der Waals surface area contributed by atoms with Gasteiger partial charge in [0, 0.05) is 34.3 Å². The first-order valence-corrected chi connectivity index (χ1v) is 12.7. The summed E-state index contributed by atoms with van der Waals surface area (Å²) in [5.74, 6) is 0. The van der Waals surface area contributed by atoms with Gasteiger partial charge in [-0.1, -0.05) is 38.5 Å². The zero-order valence-electron chi connectivity index (χ0n) is 13.9. The summed E-state index contributed by atoms with van der Waals surface area (Å²) < 4.78 is 0. The molecule has 1 aromatic heterocycles. The number of aliphatic imine (C=N–C) groups is 2. The van der Waals surface area contributed by atoms with E-state index in [2.05, 4.69) is 24.6 Å². The topological polar surface area (TPSA) is 24.7 Å². The summed E-state index contributed by atoms with van der Waals surface area (Å²) in [5, 5.41) is 0. The van der Waals surface area contributed by atoms with Crippen LogP contribution in [-0.4, -0.2) is 24.5 Å². The molecule has 1 heterocycles. The van der Waals surface area contributed by atoms with Crippen molar-refractivity contribution in [3.63, 3.8) is 0 Å². The summed E-state index contributed by atoms with van der Waals surface area (Å²) in [7, 11) is 9.53. The van der Waals surface area contributed by atoms with Crippen LogP contribution in [0.3, 0.4) is 0 Å². The van der Waals surface area contributed by atoms with E-state index < -0.39 is 0 Å². The van der Waals surface area contributed by atoms with Crippen LogP contribution in [0.5, 0.6) is 0 Å². The van der Waals surface area contributed by atoms with Crippen molar-refractivity contribution in [2.75, 3.05) is 0 Å². The molecule has 2 aliphatic rings. The maximum absolute atomic E-state index is 4.76. The molecule has 24 heavy (non-hydrogen) atoms. The van der Waals surface area contributed by atoms with Gasteiger partial charge in [0.1, 0.15) is 0 Å². The summed E-state index contributed by atoms with van der Waals surface area (Å²) >= 11 is 2.01. The predicted molar refractivity (Wildman–Crippen MR) is 105 cm³/mol. The Labute approximate surface area is 164 Å². The van der Waals surface area contributed by atoms with Crippen molar-refractivity contribution in [2.24, 2.45) is 9.98 Å². The van der Waals surface area contributed by atoms with Crippen molar-refractivity contribution < 1.29 is 13.1 Å². The van der Waals surface area contributed by atoms with Gasteiger partial charge in [-0.15, -0.1) is 11.3 Å². The SMILES string of the molecule is C(=NC1CCCCC1)c1ccc(C=NC2CCCCC2)s1.[Cl][Fe][Cl]. The number of hydrogen-bond acceptors (Lipinski definition) is 3. The monoisotopic (exact) mass is 428 g/mol. The number of hydrogen-bond donors (Lipinski definition) is 0. The van der Waals surface area contributed by atoms with Gasteiger partial charge in [-0.3, -0.25) is 9.98 Å². The minimum absolute atomic E-state index is 0.194. The molecule has 0 spiro atoms. The zero-order chi connectivity index (χ0) is 17.0. The van der Waals surface area contributed by atoms with E-state index >= 15 is 0 Å². The van der Waals surface area contributed by atoms with Crippen LogP contribution in [0, 0.1) is 0 Å². The molecule has 0 radical (unpaired) electrons. The van der Waals surface area contributed by atoms with Crippen molar-refractivity contribution in [3.8, 4) is 0 Å². The number of halogens is 2. The molecular formula is C18H26Cl2FeN2S. The Bertz CT molecular complexity index is 464. The average molecular weight is 429 g/mol. The molecule has 0 N–H and O–H groups in total. The molecule has 2 fully saturated rings. The fraction of sp³-hybridized carbons (Fsp3) is 0.667. The summed E-state index contributed by atoms with van der Waals surface area (Å²) in [4.78, 5) is 12.1. The first kappa shape index (κ1) is 20.5. The Hall–Kier alpha value is 0.139. The maximum atomic E-state index is 4.76. The van der Waals surface area contributed by atoms with Gasteiger partial charge in [0.25, 0.3) is 0 Å². The first-order chi connectivity index (χ1) is 11.8. The Balaban J connectivity index is 0.000000647. The molecule has 0 bridgehead atoms. The Kier molecular flexibility index (Phi) is 10.6. The van der Waals surface area contributed by atoms with Crippen LogP contribution < -0.4 is 0 Å². The van der Waals surface area contributed by atoms with E-state index in [1.165, 1.54) is 74.0 Å². The molecule has 2 aliphatic carbocycles. The minimum atomic E-state index is 0.194. The molecule has 6 heteroatoms. The van der Waals surface area contributed by atoms with E-state index in [4.69, 9.17) is 30.2 Å². The zero-order valence-corrected chi connectivity index (χ0v) is 17.4. The molecule has 1 aromatic rings. The van der Waals surface area contributed by atoms with Gasteiger partial charge in [0.15, 0.2) is 0 Å². The summed E-state index contributed by atoms with van der Waals surface area (Å²) in [6.07, 6.45) is 17.5. The Morgan fingerprint density at radius 3 is 1.54 bits per heavy atom. The molecular weight excluding hydrogens is 403 g/mol. The van der Waals surface area contributed by atoms with Gasteiger partial charge in [0.05, 0.1) is 0 Å². The number of rotatable bonds is 4. The average Bonchev–Trinajstić information content (AvgIpc) is 3.09. The molecule has 2 saturated carbocycles.